The maximum absolute atomic E-state index is 12.4. The molecule has 0 aromatic heterocycles. The molecule has 0 aliphatic rings. The molecule has 2 aromatic rings. The van der Waals surface area contributed by atoms with E-state index in [-0.39, 0.29) is 5.56 Å². The molecule has 1 N–H and O–H groups in total. The highest BCUT2D eigenvalue weighted by atomic mass is 35.5. The summed E-state index contributed by atoms with van der Waals surface area (Å²) in [6.45, 7) is 4.15. The average Bonchev–Trinajstić information content (AvgIpc) is 2.61. The van der Waals surface area contributed by atoms with Crippen molar-refractivity contribution in [1.82, 2.24) is 0 Å². The highest BCUT2D eigenvalue weighted by Crippen LogP contribution is 2.33. The van der Waals surface area contributed by atoms with Gasteiger partial charge in [-0.2, -0.15) is 0 Å². The average molecular weight is 378 g/mol. The zero-order chi connectivity index (χ0) is 19.4. The Labute approximate surface area is 154 Å². The van der Waals surface area contributed by atoms with Crippen LogP contribution >= 0.6 is 11.6 Å². The molecule has 0 radical (unpaired) electrons. The van der Waals surface area contributed by atoms with Gasteiger partial charge in [0.05, 0.1) is 21.5 Å². The number of nitro groups is 2. The van der Waals surface area contributed by atoms with Crippen molar-refractivity contribution in [1.29, 1.82) is 0 Å². The summed E-state index contributed by atoms with van der Waals surface area (Å²) in [5.41, 5.74) is -0.0585. The summed E-state index contributed by atoms with van der Waals surface area (Å²) >= 11 is 5.90. The lowest BCUT2D eigenvalue weighted by Gasteiger charge is -2.11. The molecule has 1 unspecified atom stereocenters. The summed E-state index contributed by atoms with van der Waals surface area (Å²) in [6, 6.07) is 8.75. The highest BCUT2D eigenvalue weighted by Gasteiger charge is 2.26. The van der Waals surface area contributed by atoms with Crippen molar-refractivity contribution in [3.63, 3.8) is 0 Å². The van der Waals surface area contributed by atoms with E-state index in [0.717, 1.165) is 24.1 Å². The number of amides is 1. The number of rotatable bonds is 6. The van der Waals surface area contributed by atoms with E-state index in [4.69, 9.17) is 11.6 Å². The van der Waals surface area contributed by atoms with Crippen LogP contribution in [0.25, 0.3) is 0 Å². The molecule has 9 heteroatoms. The van der Waals surface area contributed by atoms with E-state index in [1.165, 1.54) is 0 Å². The van der Waals surface area contributed by atoms with Crippen molar-refractivity contribution >= 4 is 34.6 Å². The monoisotopic (exact) mass is 377 g/mol. The predicted octanol–water partition coefficient (Wildman–Crippen LogP) is 4.92. The predicted molar refractivity (Wildman–Crippen MR) is 97.9 cm³/mol. The standard InChI is InChI=1S/C17H16ClN3O5/c1-3-10(2)11-4-6-12(7-5-11)19-17(22)14-8-13(20(23)24)9-15(16(14)18)21(25)26/h4-10H,3H2,1-2H3,(H,19,22). The molecule has 136 valence electrons. The zero-order valence-corrected chi connectivity index (χ0v) is 14.8. The summed E-state index contributed by atoms with van der Waals surface area (Å²) in [5.74, 6) is -0.397. The van der Waals surface area contributed by atoms with Crippen LogP contribution in [0.2, 0.25) is 5.02 Å². The minimum Gasteiger partial charge on any atom is -0.322 e. The molecule has 0 heterocycles. The molecule has 0 aliphatic carbocycles. The maximum atomic E-state index is 12.4. The van der Waals surface area contributed by atoms with Crippen molar-refractivity contribution < 1.29 is 14.6 Å². The van der Waals surface area contributed by atoms with Crippen LogP contribution in [0.4, 0.5) is 17.1 Å². The van der Waals surface area contributed by atoms with Gasteiger partial charge in [0.15, 0.2) is 0 Å². The molecule has 1 atom stereocenters. The summed E-state index contributed by atoms with van der Waals surface area (Å²) in [5, 5.41) is 24.1. The minimum absolute atomic E-state index is 0.335. The van der Waals surface area contributed by atoms with E-state index in [9.17, 15) is 25.0 Å². The summed E-state index contributed by atoms with van der Waals surface area (Å²) in [7, 11) is 0. The quantitative estimate of drug-likeness (QED) is 0.566. The van der Waals surface area contributed by atoms with Crippen LogP contribution in [0.15, 0.2) is 36.4 Å². The Morgan fingerprint density at radius 3 is 2.27 bits per heavy atom. The van der Waals surface area contributed by atoms with Gasteiger partial charge in [-0.15, -0.1) is 0 Å². The number of halogens is 1. The van der Waals surface area contributed by atoms with Gasteiger partial charge in [-0.25, -0.2) is 0 Å². The Hall–Kier alpha value is -3.00. The van der Waals surface area contributed by atoms with Crippen LogP contribution in [0.5, 0.6) is 0 Å². The lowest BCUT2D eigenvalue weighted by Crippen LogP contribution is -2.13. The number of benzene rings is 2. The van der Waals surface area contributed by atoms with Gasteiger partial charge in [-0.3, -0.25) is 25.0 Å². The van der Waals surface area contributed by atoms with Gasteiger partial charge in [-0.1, -0.05) is 37.6 Å². The van der Waals surface area contributed by atoms with Gasteiger partial charge in [-0.05, 0) is 30.0 Å². The largest absolute Gasteiger partial charge is 0.322 e. The van der Waals surface area contributed by atoms with Gasteiger partial charge < -0.3 is 5.32 Å². The Morgan fingerprint density at radius 2 is 1.77 bits per heavy atom. The van der Waals surface area contributed by atoms with Crippen LogP contribution in [-0.2, 0) is 0 Å². The number of carbonyl (C=O) groups excluding carboxylic acids is 1. The lowest BCUT2D eigenvalue weighted by atomic mass is 9.98. The Balaban J connectivity index is 2.34. The second kappa shape index (κ2) is 7.92. The van der Waals surface area contributed by atoms with E-state index >= 15 is 0 Å². The topological polar surface area (TPSA) is 115 Å². The number of nitrogens with zero attached hydrogens (tertiary/aromatic N) is 2. The summed E-state index contributed by atoms with van der Waals surface area (Å²) in [4.78, 5) is 32.7. The van der Waals surface area contributed by atoms with Crippen molar-refractivity contribution in [3.8, 4) is 0 Å². The maximum Gasteiger partial charge on any atom is 0.295 e. The van der Waals surface area contributed by atoms with Crippen molar-refractivity contribution in [2.24, 2.45) is 0 Å². The second-order valence-corrected chi connectivity index (χ2v) is 6.10. The van der Waals surface area contributed by atoms with Crippen molar-refractivity contribution in [3.05, 3.63) is 72.8 Å². The zero-order valence-electron chi connectivity index (χ0n) is 14.1. The third kappa shape index (κ3) is 4.15. The minimum atomic E-state index is -0.868. The number of hydrogen-bond donors (Lipinski definition) is 1. The molecule has 2 aromatic carbocycles. The molecular weight excluding hydrogens is 362 g/mol. The molecule has 0 bridgehead atoms. The van der Waals surface area contributed by atoms with Gasteiger partial charge in [0, 0.05) is 11.8 Å². The fourth-order valence-electron chi connectivity index (χ4n) is 2.33. The smallest absolute Gasteiger partial charge is 0.295 e. The Morgan fingerprint density at radius 1 is 1.15 bits per heavy atom. The van der Waals surface area contributed by atoms with Crippen molar-refractivity contribution in [2.75, 3.05) is 5.32 Å². The number of non-ortho nitro benzene ring substituents is 1. The third-order valence-corrected chi connectivity index (χ3v) is 4.44. The lowest BCUT2D eigenvalue weighted by molar-refractivity contribution is -0.394. The van der Waals surface area contributed by atoms with E-state index in [1.807, 2.05) is 12.1 Å². The molecule has 0 saturated heterocycles. The number of carbonyl (C=O) groups is 1. The third-order valence-electron chi connectivity index (χ3n) is 4.04. The first kappa shape index (κ1) is 19.3. The summed E-state index contributed by atoms with van der Waals surface area (Å²) < 4.78 is 0. The normalized spacial score (nSPS) is 11.7. The van der Waals surface area contributed by atoms with E-state index in [2.05, 4.69) is 19.2 Å². The van der Waals surface area contributed by atoms with Crippen LogP contribution in [0, 0.1) is 20.2 Å². The van der Waals surface area contributed by atoms with Gasteiger partial charge in [0.2, 0.25) is 0 Å². The first-order valence-electron chi connectivity index (χ1n) is 7.78. The molecular formula is C17H16ClN3O5. The summed E-state index contributed by atoms with van der Waals surface area (Å²) in [6.07, 6.45) is 0.971. The van der Waals surface area contributed by atoms with Crippen LogP contribution in [0.1, 0.15) is 42.1 Å². The Kier molecular flexibility index (Phi) is 5.89. The first-order chi connectivity index (χ1) is 12.2. The van der Waals surface area contributed by atoms with Crippen molar-refractivity contribution in [2.45, 2.75) is 26.2 Å². The second-order valence-electron chi connectivity index (χ2n) is 5.73. The highest BCUT2D eigenvalue weighted by molar-refractivity contribution is 6.36. The van der Waals surface area contributed by atoms with Crippen LogP contribution in [-0.4, -0.2) is 15.8 Å². The van der Waals surface area contributed by atoms with E-state index < -0.39 is 32.2 Å². The van der Waals surface area contributed by atoms with Gasteiger partial charge in [0.1, 0.15) is 5.02 Å². The molecule has 26 heavy (non-hydrogen) atoms. The fourth-order valence-corrected chi connectivity index (χ4v) is 2.59. The molecule has 0 fully saturated rings. The number of anilines is 1. The molecule has 0 spiro atoms. The van der Waals surface area contributed by atoms with E-state index in [1.54, 1.807) is 12.1 Å². The van der Waals surface area contributed by atoms with Gasteiger partial charge >= 0.3 is 0 Å². The first-order valence-corrected chi connectivity index (χ1v) is 8.16. The van der Waals surface area contributed by atoms with Crippen LogP contribution in [0.3, 0.4) is 0 Å². The molecule has 0 saturated carbocycles. The molecule has 2 rings (SSSR count). The Bertz CT molecular complexity index is 867. The van der Waals surface area contributed by atoms with Gasteiger partial charge in [0.25, 0.3) is 17.3 Å². The SMILES string of the molecule is CCC(C)c1ccc(NC(=O)c2cc([N+](=O)[O-])cc([N+](=O)[O-])c2Cl)cc1. The number of nitro benzene ring substituents is 2. The fraction of sp³-hybridized carbons (Fsp3) is 0.235. The van der Waals surface area contributed by atoms with E-state index in [0.29, 0.717) is 11.6 Å². The number of hydrogen-bond acceptors (Lipinski definition) is 5. The number of nitrogens with one attached hydrogen (secondary N) is 1. The molecule has 8 nitrogen and oxygen atoms in total. The van der Waals surface area contributed by atoms with Crippen LogP contribution < -0.4 is 5.32 Å². The molecule has 0 aliphatic heterocycles. The molecule has 1 amide bonds.